The summed E-state index contributed by atoms with van der Waals surface area (Å²) < 4.78 is 10.6. The van der Waals surface area contributed by atoms with Crippen molar-refractivity contribution in [2.45, 2.75) is 6.10 Å². The van der Waals surface area contributed by atoms with E-state index in [2.05, 4.69) is 0 Å². The molecule has 2 rings (SSSR count). The van der Waals surface area contributed by atoms with E-state index < -0.39 is 6.10 Å². The highest BCUT2D eigenvalue weighted by molar-refractivity contribution is 5.32. The van der Waals surface area contributed by atoms with Crippen LogP contribution in [0.4, 0.5) is 0 Å². The molecule has 18 heavy (non-hydrogen) atoms. The van der Waals surface area contributed by atoms with Crippen molar-refractivity contribution in [2.75, 3.05) is 13.7 Å². The average Bonchev–Trinajstić information content (AvgIpc) is 2.46. The Morgan fingerprint density at radius 3 is 2.44 bits per heavy atom. The predicted octanol–water partition coefficient (Wildman–Crippen LogP) is 2.81. The van der Waals surface area contributed by atoms with Crippen LogP contribution in [-0.4, -0.2) is 18.8 Å². The molecule has 0 heterocycles. The van der Waals surface area contributed by atoms with Crippen LogP contribution in [0.15, 0.2) is 54.6 Å². The van der Waals surface area contributed by atoms with Crippen molar-refractivity contribution < 1.29 is 14.6 Å². The summed E-state index contributed by atoms with van der Waals surface area (Å²) in [5.41, 5.74) is 0.848. The number of aliphatic hydroxyl groups excluding tert-OH is 1. The van der Waals surface area contributed by atoms with Crippen molar-refractivity contribution in [2.24, 2.45) is 0 Å². The van der Waals surface area contributed by atoms with E-state index in [0.29, 0.717) is 5.75 Å². The van der Waals surface area contributed by atoms with Crippen LogP contribution in [-0.2, 0) is 0 Å². The fourth-order valence-corrected chi connectivity index (χ4v) is 1.64. The second-order valence-electron chi connectivity index (χ2n) is 3.92. The van der Waals surface area contributed by atoms with Crippen LogP contribution in [0.5, 0.6) is 11.5 Å². The van der Waals surface area contributed by atoms with Crippen LogP contribution in [0.25, 0.3) is 0 Å². The number of rotatable bonds is 5. The molecule has 0 amide bonds. The Hall–Kier alpha value is -2.00. The summed E-state index contributed by atoms with van der Waals surface area (Å²) in [6.45, 7) is 0.219. The Kier molecular flexibility index (Phi) is 4.20. The SMILES string of the molecule is COc1cccc(OC[C@H](O)c2ccccc2)c1. The molecule has 0 aromatic heterocycles. The van der Waals surface area contributed by atoms with Crippen LogP contribution < -0.4 is 9.47 Å². The third-order valence-corrected chi connectivity index (χ3v) is 2.63. The third kappa shape index (κ3) is 3.25. The summed E-state index contributed by atoms with van der Waals surface area (Å²) in [6, 6.07) is 16.8. The highest BCUT2D eigenvalue weighted by Gasteiger charge is 2.07. The topological polar surface area (TPSA) is 38.7 Å². The molecule has 0 saturated carbocycles. The molecule has 94 valence electrons. The Bertz CT molecular complexity index is 482. The minimum atomic E-state index is -0.627. The zero-order valence-electron chi connectivity index (χ0n) is 10.2. The molecule has 0 radical (unpaired) electrons. The van der Waals surface area contributed by atoms with Crippen LogP contribution in [0.3, 0.4) is 0 Å². The Balaban J connectivity index is 1.95. The molecule has 0 saturated heterocycles. The first-order valence-electron chi connectivity index (χ1n) is 5.79. The lowest BCUT2D eigenvalue weighted by molar-refractivity contribution is 0.108. The molecule has 0 fully saturated rings. The normalized spacial score (nSPS) is 11.9. The van der Waals surface area contributed by atoms with Gasteiger partial charge in [0.15, 0.2) is 0 Å². The van der Waals surface area contributed by atoms with Crippen molar-refractivity contribution in [3.05, 3.63) is 60.2 Å². The molecular weight excluding hydrogens is 228 g/mol. The molecule has 3 heteroatoms. The zero-order valence-corrected chi connectivity index (χ0v) is 10.2. The minimum Gasteiger partial charge on any atom is -0.497 e. The van der Waals surface area contributed by atoms with Gasteiger partial charge in [-0.1, -0.05) is 36.4 Å². The first-order chi connectivity index (χ1) is 8.79. The minimum absolute atomic E-state index is 0.219. The smallest absolute Gasteiger partial charge is 0.123 e. The van der Waals surface area contributed by atoms with Gasteiger partial charge in [-0.2, -0.15) is 0 Å². The Labute approximate surface area is 107 Å². The van der Waals surface area contributed by atoms with E-state index in [9.17, 15) is 5.11 Å². The maximum Gasteiger partial charge on any atom is 0.123 e. The van der Waals surface area contributed by atoms with Crippen LogP contribution in [0.1, 0.15) is 11.7 Å². The van der Waals surface area contributed by atoms with Crippen molar-refractivity contribution in [3.8, 4) is 11.5 Å². The van der Waals surface area contributed by atoms with Gasteiger partial charge in [0, 0.05) is 6.07 Å². The summed E-state index contributed by atoms with van der Waals surface area (Å²) in [7, 11) is 1.61. The number of aliphatic hydroxyl groups is 1. The molecule has 0 aliphatic rings. The fourth-order valence-electron chi connectivity index (χ4n) is 1.64. The Morgan fingerprint density at radius 2 is 1.72 bits per heavy atom. The van der Waals surface area contributed by atoms with Crippen LogP contribution in [0.2, 0.25) is 0 Å². The Morgan fingerprint density at radius 1 is 1.00 bits per heavy atom. The van der Waals surface area contributed by atoms with E-state index in [1.807, 2.05) is 48.5 Å². The number of hydrogen-bond donors (Lipinski definition) is 1. The van der Waals surface area contributed by atoms with Gasteiger partial charge in [-0.15, -0.1) is 0 Å². The van der Waals surface area contributed by atoms with Crippen molar-refractivity contribution in [3.63, 3.8) is 0 Å². The molecule has 0 unspecified atom stereocenters. The molecular formula is C15H16O3. The maximum absolute atomic E-state index is 9.95. The number of ether oxygens (including phenoxy) is 2. The standard InChI is InChI=1S/C15H16O3/c1-17-13-8-5-9-14(10-13)18-11-15(16)12-6-3-2-4-7-12/h2-10,15-16H,11H2,1H3/t15-/m0/s1. The van der Waals surface area contributed by atoms with Gasteiger partial charge in [0.1, 0.15) is 24.2 Å². The first kappa shape index (κ1) is 12.5. The number of methoxy groups -OCH3 is 1. The summed E-state index contributed by atoms with van der Waals surface area (Å²) in [6.07, 6.45) is -0.627. The summed E-state index contributed by atoms with van der Waals surface area (Å²) >= 11 is 0. The van der Waals surface area contributed by atoms with E-state index in [-0.39, 0.29) is 6.61 Å². The molecule has 3 nitrogen and oxygen atoms in total. The van der Waals surface area contributed by atoms with Gasteiger partial charge in [-0.3, -0.25) is 0 Å². The maximum atomic E-state index is 9.95. The summed E-state index contributed by atoms with van der Waals surface area (Å²) in [4.78, 5) is 0. The van der Waals surface area contributed by atoms with Crippen molar-refractivity contribution >= 4 is 0 Å². The van der Waals surface area contributed by atoms with Gasteiger partial charge in [-0.25, -0.2) is 0 Å². The molecule has 0 aliphatic heterocycles. The first-order valence-corrected chi connectivity index (χ1v) is 5.79. The molecule has 1 atom stereocenters. The summed E-state index contributed by atoms with van der Waals surface area (Å²) in [5, 5.41) is 9.95. The predicted molar refractivity (Wildman–Crippen MR) is 69.9 cm³/mol. The number of benzene rings is 2. The lowest BCUT2D eigenvalue weighted by Crippen LogP contribution is -2.09. The van der Waals surface area contributed by atoms with Gasteiger partial charge in [0.2, 0.25) is 0 Å². The molecule has 2 aromatic rings. The van der Waals surface area contributed by atoms with Gasteiger partial charge in [-0.05, 0) is 17.7 Å². The van der Waals surface area contributed by atoms with E-state index in [0.717, 1.165) is 11.3 Å². The van der Waals surface area contributed by atoms with Gasteiger partial charge < -0.3 is 14.6 Å². The van der Waals surface area contributed by atoms with Crippen LogP contribution in [0, 0.1) is 0 Å². The van der Waals surface area contributed by atoms with Crippen molar-refractivity contribution in [1.82, 2.24) is 0 Å². The van der Waals surface area contributed by atoms with E-state index in [1.165, 1.54) is 0 Å². The van der Waals surface area contributed by atoms with E-state index in [4.69, 9.17) is 9.47 Å². The average molecular weight is 244 g/mol. The highest BCUT2D eigenvalue weighted by Crippen LogP contribution is 2.20. The third-order valence-electron chi connectivity index (χ3n) is 2.63. The van der Waals surface area contributed by atoms with Crippen molar-refractivity contribution in [1.29, 1.82) is 0 Å². The summed E-state index contributed by atoms with van der Waals surface area (Å²) in [5.74, 6) is 1.42. The largest absolute Gasteiger partial charge is 0.497 e. The molecule has 1 N–H and O–H groups in total. The lowest BCUT2D eigenvalue weighted by atomic mass is 10.1. The molecule has 2 aromatic carbocycles. The zero-order chi connectivity index (χ0) is 12.8. The quantitative estimate of drug-likeness (QED) is 0.879. The number of hydrogen-bond acceptors (Lipinski definition) is 3. The second-order valence-corrected chi connectivity index (χ2v) is 3.92. The second kappa shape index (κ2) is 6.07. The molecule has 0 aliphatic carbocycles. The molecule has 0 spiro atoms. The monoisotopic (exact) mass is 244 g/mol. The van der Waals surface area contributed by atoms with Gasteiger partial charge in [0.05, 0.1) is 7.11 Å². The fraction of sp³-hybridized carbons (Fsp3) is 0.200. The van der Waals surface area contributed by atoms with E-state index in [1.54, 1.807) is 13.2 Å². The van der Waals surface area contributed by atoms with Gasteiger partial charge in [0.25, 0.3) is 0 Å². The molecule has 0 bridgehead atoms. The lowest BCUT2D eigenvalue weighted by Gasteiger charge is -2.13. The van der Waals surface area contributed by atoms with Crippen LogP contribution >= 0.6 is 0 Å². The van der Waals surface area contributed by atoms with E-state index >= 15 is 0 Å². The highest BCUT2D eigenvalue weighted by atomic mass is 16.5. The van der Waals surface area contributed by atoms with Gasteiger partial charge >= 0.3 is 0 Å².